The Bertz CT molecular complexity index is 722. The first-order chi connectivity index (χ1) is 13.0. The Balaban J connectivity index is 1.79. The van der Waals surface area contributed by atoms with Gasteiger partial charge in [0.15, 0.2) is 0 Å². The fraction of sp³-hybridized carbons (Fsp3) is 0.350. The third kappa shape index (κ3) is 6.16. The molecule has 0 aliphatic heterocycles. The number of amides is 1. The number of alkyl carbamates (subject to hydrolysis) is 1. The first-order valence-electron chi connectivity index (χ1n) is 8.57. The number of hydrogen-bond donors (Lipinski definition) is 3. The van der Waals surface area contributed by atoms with Crippen LogP contribution in [0.25, 0.3) is 0 Å². The molecule has 2 rings (SSSR count). The van der Waals surface area contributed by atoms with Crippen molar-refractivity contribution in [3.8, 4) is 11.5 Å². The molecule has 0 bridgehead atoms. The lowest BCUT2D eigenvalue weighted by Crippen LogP contribution is -2.29. The van der Waals surface area contributed by atoms with Crippen molar-refractivity contribution in [1.82, 2.24) is 5.32 Å². The van der Waals surface area contributed by atoms with Crippen LogP contribution in [0.4, 0.5) is 4.79 Å². The van der Waals surface area contributed by atoms with Crippen LogP contribution in [0.3, 0.4) is 0 Å². The number of rotatable bonds is 9. The normalized spacial score (nSPS) is 12.7. The highest BCUT2D eigenvalue weighted by Gasteiger charge is 2.22. The first kappa shape index (κ1) is 20.5. The molecule has 0 aliphatic rings. The van der Waals surface area contributed by atoms with Gasteiger partial charge in [-0.15, -0.1) is 0 Å². The molecular weight excluding hydrogens is 350 g/mol. The quantitative estimate of drug-likeness (QED) is 0.623. The third-order valence-corrected chi connectivity index (χ3v) is 4.05. The van der Waals surface area contributed by atoms with Crippen molar-refractivity contribution < 1.29 is 29.2 Å². The van der Waals surface area contributed by atoms with Gasteiger partial charge in [-0.25, -0.2) is 4.79 Å². The third-order valence-electron chi connectivity index (χ3n) is 4.05. The van der Waals surface area contributed by atoms with Crippen molar-refractivity contribution >= 4 is 6.09 Å². The standard InChI is InChI=1S/C20H25NO6/c1-25-15-8-9-16(18(12-15)26-2)19(23)17(22)10-11-21-20(24)27-13-14-6-4-3-5-7-14/h3-9,12,17,19,22-23H,10-11,13H2,1-2H3,(H,21,24). The minimum Gasteiger partial charge on any atom is -0.497 e. The van der Waals surface area contributed by atoms with E-state index in [1.807, 2.05) is 30.3 Å². The molecule has 2 aromatic rings. The molecule has 2 aromatic carbocycles. The second-order valence-electron chi connectivity index (χ2n) is 5.90. The van der Waals surface area contributed by atoms with E-state index in [2.05, 4.69) is 5.32 Å². The second kappa shape index (κ2) is 10.4. The molecule has 7 heteroatoms. The van der Waals surface area contributed by atoms with E-state index in [-0.39, 0.29) is 19.6 Å². The van der Waals surface area contributed by atoms with E-state index >= 15 is 0 Å². The summed E-state index contributed by atoms with van der Waals surface area (Å²) < 4.78 is 15.4. The summed E-state index contributed by atoms with van der Waals surface area (Å²) in [6.45, 7) is 0.325. The largest absolute Gasteiger partial charge is 0.497 e. The number of benzene rings is 2. The predicted molar refractivity (Wildman–Crippen MR) is 99.8 cm³/mol. The summed E-state index contributed by atoms with van der Waals surface area (Å²) >= 11 is 0. The van der Waals surface area contributed by atoms with Crippen LogP contribution in [-0.2, 0) is 11.3 Å². The molecule has 0 radical (unpaired) electrons. The smallest absolute Gasteiger partial charge is 0.407 e. The minimum atomic E-state index is -1.16. The van der Waals surface area contributed by atoms with E-state index in [1.165, 1.54) is 14.2 Å². The molecule has 3 N–H and O–H groups in total. The van der Waals surface area contributed by atoms with Crippen LogP contribution in [-0.4, -0.2) is 43.2 Å². The number of aliphatic hydroxyl groups is 2. The molecule has 0 fully saturated rings. The van der Waals surface area contributed by atoms with Crippen LogP contribution in [0, 0.1) is 0 Å². The highest BCUT2D eigenvalue weighted by Crippen LogP contribution is 2.31. The van der Waals surface area contributed by atoms with Crippen molar-refractivity contribution in [3.63, 3.8) is 0 Å². The lowest BCUT2D eigenvalue weighted by molar-refractivity contribution is 0.0123. The maximum absolute atomic E-state index is 11.7. The van der Waals surface area contributed by atoms with Crippen LogP contribution in [0.1, 0.15) is 23.7 Å². The molecule has 0 saturated carbocycles. The number of carbonyl (C=O) groups excluding carboxylic acids is 1. The molecule has 0 spiro atoms. The lowest BCUT2D eigenvalue weighted by Gasteiger charge is -2.20. The summed E-state index contributed by atoms with van der Waals surface area (Å²) in [5, 5.41) is 23.1. The summed E-state index contributed by atoms with van der Waals surface area (Å²) in [7, 11) is 3.00. The van der Waals surface area contributed by atoms with E-state index < -0.39 is 18.3 Å². The highest BCUT2D eigenvalue weighted by molar-refractivity contribution is 5.67. The van der Waals surface area contributed by atoms with Crippen LogP contribution < -0.4 is 14.8 Å². The van der Waals surface area contributed by atoms with Gasteiger partial charge in [-0.2, -0.15) is 0 Å². The van der Waals surface area contributed by atoms with E-state index in [0.717, 1.165) is 5.56 Å². The molecule has 2 atom stereocenters. The zero-order valence-corrected chi connectivity index (χ0v) is 15.4. The highest BCUT2D eigenvalue weighted by atomic mass is 16.5. The summed E-state index contributed by atoms with van der Waals surface area (Å²) in [6.07, 6.45) is -2.67. The summed E-state index contributed by atoms with van der Waals surface area (Å²) in [4.78, 5) is 11.7. The Morgan fingerprint density at radius 1 is 1.07 bits per heavy atom. The Labute approximate surface area is 158 Å². The maximum Gasteiger partial charge on any atom is 0.407 e. The van der Waals surface area contributed by atoms with Crippen LogP contribution in [0.2, 0.25) is 0 Å². The van der Waals surface area contributed by atoms with Gasteiger partial charge in [0.05, 0.1) is 20.3 Å². The van der Waals surface area contributed by atoms with Crippen molar-refractivity contribution in [1.29, 1.82) is 0 Å². The van der Waals surface area contributed by atoms with Crippen LogP contribution >= 0.6 is 0 Å². The van der Waals surface area contributed by atoms with Crippen molar-refractivity contribution in [2.75, 3.05) is 20.8 Å². The SMILES string of the molecule is COc1ccc(C(O)C(O)CCNC(=O)OCc2ccccc2)c(OC)c1. The van der Waals surface area contributed by atoms with E-state index in [4.69, 9.17) is 14.2 Å². The maximum atomic E-state index is 11.7. The average Bonchev–Trinajstić information content (AvgIpc) is 2.71. The lowest BCUT2D eigenvalue weighted by atomic mass is 10.0. The zero-order chi connectivity index (χ0) is 19.6. The average molecular weight is 375 g/mol. The molecule has 27 heavy (non-hydrogen) atoms. The molecule has 0 saturated heterocycles. The van der Waals surface area contributed by atoms with Crippen LogP contribution in [0.5, 0.6) is 11.5 Å². The molecule has 7 nitrogen and oxygen atoms in total. The van der Waals surface area contributed by atoms with E-state index in [9.17, 15) is 15.0 Å². The molecule has 0 heterocycles. The first-order valence-corrected chi connectivity index (χ1v) is 8.57. The second-order valence-corrected chi connectivity index (χ2v) is 5.90. The van der Waals surface area contributed by atoms with Gasteiger partial charge in [-0.05, 0) is 24.1 Å². The monoisotopic (exact) mass is 375 g/mol. The van der Waals surface area contributed by atoms with Gasteiger partial charge in [-0.1, -0.05) is 30.3 Å². The van der Waals surface area contributed by atoms with Gasteiger partial charge in [0.2, 0.25) is 0 Å². The van der Waals surface area contributed by atoms with Gasteiger partial charge in [-0.3, -0.25) is 0 Å². The number of aliphatic hydroxyl groups excluding tert-OH is 2. The van der Waals surface area contributed by atoms with Gasteiger partial charge in [0, 0.05) is 18.2 Å². The Morgan fingerprint density at radius 3 is 2.48 bits per heavy atom. The summed E-state index contributed by atoms with van der Waals surface area (Å²) in [5.74, 6) is 0.997. The molecule has 1 amide bonds. The van der Waals surface area contributed by atoms with Gasteiger partial charge in [0.25, 0.3) is 0 Å². The summed E-state index contributed by atoms with van der Waals surface area (Å²) in [5.41, 5.74) is 1.33. The number of methoxy groups -OCH3 is 2. The topological polar surface area (TPSA) is 97.2 Å². The molecular formula is C20H25NO6. The number of nitrogens with one attached hydrogen (secondary N) is 1. The van der Waals surface area contributed by atoms with Crippen molar-refractivity contribution in [3.05, 3.63) is 59.7 Å². The fourth-order valence-electron chi connectivity index (χ4n) is 2.52. The fourth-order valence-corrected chi connectivity index (χ4v) is 2.52. The molecule has 0 aromatic heterocycles. The van der Waals surface area contributed by atoms with Crippen LogP contribution in [0.15, 0.2) is 48.5 Å². The Hall–Kier alpha value is -2.77. The molecule has 2 unspecified atom stereocenters. The number of ether oxygens (including phenoxy) is 3. The number of carbonyl (C=O) groups is 1. The summed E-state index contributed by atoms with van der Waals surface area (Å²) in [6, 6.07) is 14.3. The molecule has 146 valence electrons. The number of hydrogen-bond acceptors (Lipinski definition) is 6. The minimum absolute atomic E-state index is 0.150. The molecule has 0 aliphatic carbocycles. The van der Waals surface area contributed by atoms with Crippen molar-refractivity contribution in [2.24, 2.45) is 0 Å². The van der Waals surface area contributed by atoms with Gasteiger partial charge in [0.1, 0.15) is 24.2 Å². The van der Waals surface area contributed by atoms with E-state index in [1.54, 1.807) is 18.2 Å². The Kier molecular flexibility index (Phi) is 7.91. The van der Waals surface area contributed by atoms with E-state index in [0.29, 0.717) is 17.1 Å². The zero-order valence-electron chi connectivity index (χ0n) is 15.4. The van der Waals surface area contributed by atoms with Crippen molar-refractivity contribution in [2.45, 2.75) is 25.2 Å². The van der Waals surface area contributed by atoms with Gasteiger partial charge >= 0.3 is 6.09 Å². The predicted octanol–water partition coefficient (Wildman–Crippen LogP) is 2.41. The van der Waals surface area contributed by atoms with Gasteiger partial charge < -0.3 is 29.7 Å². The Morgan fingerprint density at radius 2 is 1.81 bits per heavy atom.